The Morgan fingerprint density at radius 2 is 1.88 bits per heavy atom. The molecule has 0 spiro atoms. The summed E-state index contributed by atoms with van der Waals surface area (Å²) in [7, 11) is 3.94. The van der Waals surface area contributed by atoms with E-state index < -0.39 is 0 Å². The van der Waals surface area contributed by atoms with Crippen molar-refractivity contribution in [1.29, 1.82) is 0 Å². The highest BCUT2D eigenvalue weighted by Gasteiger charge is 2.09. The number of rotatable bonds is 5. The van der Waals surface area contributed by atoms with Crippen molar-refractivity contribution in [3.63, 3.8) is 0 Å². The lowest BCUT2D eigenvalue weighted by Crippen LogP contribution is -2.23. The minimum Gasteiger partial charge on any atom is -0.491 e. The maximum absolute atomic E-state index is 10.5. The zero-order valence-corrected chi connectivity index (χ0v) is 15.3. The van der Waals surface area contributed by atoms with Gasteiger partial charge in [0, 0.05) is 38.2 Å². The first-order chi connectivity index (χ1) is 12.7. The fourth-order valence-electron chi connectivity index (χ4n) is 2.99. The van der Waals surface area contributed by atoms with E-state index >= 15 is 0 Å². The molecule has 1 heterocycles. The molecule has 0 fully saturated rings. The average Bonchev–Trinajstić information content (AvgIpc) is 2.67. The Morgan fingerprint density at radius 1 is 1.12 bits per heavy atom. The van der Waals surface area contributed by atoms with E-state index in [-0.39, 0.29) is 0 Å². The van der Waals surface area contributed by atoms with Crippen LogP contribution in [-0.2, 0) is 17.8 Å². The van der Waals surface area contributed by atoms with Crippen molar-refractivity contribution in [1.82, 2.24) is 5.32 Å². The number of carbonyl (C=O) groups is 1. The molecule has 2 aromatic rings. The largest absolute Gasteiger partial charge is 0.491 e. The van der Waals surface area contributed by atoms with Gasteiger partial charge in [-0.25, -0.2) is 0 Å². The molecule has 4 nitrogen and oxygen atoms in total. The lowest BCUT2D eigenvalue weighted by molar-refractivity contribution is -0.108. The topological polar surface area (TPSA) is 41.6 Å². The SMILES string of the molecule is CN(C)c1cc(C#Cc2ccc3c(c2)CNCC3)ccc1OCCC=O. The molecule has 0 saturated carbocycles. The summed E-state index contributed by atoms with van der Waals surface area (Å²) in [4.78, 5) is 12.5. The first-order valence-electron chi connectivity index (χ1n) is 8.90. The second kappa shape index (κ2) is 8.55. The number of carbonyl (C=O) groups excluding carboxylic acids is 1. The van der Waals surface area contributed by atoms with Crippen LogP contribution in [0.5, 0.6) is 5.75 Å². The van der Waals surface area contributed by atoms with Crippen molar-refractivity contribution in [2.24, 2.45) is 0 Å². The van der Waals surface area contributed by atoms with Crippen LogP contribution < -0.4 is 15.0 Å². The van der Waals surface area contributed by atoms with Crippen molar-refractivity contribution in [2.75, 3.05) is 32.1 Å². The van der Waals surface area contributed by atoms with Gasteiger partial charge < -0.3 is 19.7 Å². The molecule has 3 rings (SSSR count). The molecule has 0 aliphatic carbocycles. The number of benzene rings is 2. The number of fused-ring (bicyclic) bond motifs is 1. The van der Waals surface area contributed by atoms with Crippen LogP contribution in [0.3, 0.4) is 0 Å². The predicted molar refractivity (Wildman–Crippen MR) is 105 cm³/mol. The van der Waals surface area contributed by atoms with E-state index in [9.17, 15) is 4.79 Å². The first kappa shape index (κ1) is 18.0. The fraction of sp³-hybridized carbons (Fsp3) is 0.318. The Bertz CT molecular complexity index is 847. The Labute approximate surface area is 155 Å². The molecule has 2 aromatic carbocycles. The summed E-state index contributed by atoms with van der Waals surface area (Å²) in [5, 5.41) is 3.40. The van der Waals surface area contributed by atoms with Crippen LogP contribution in [0, 0.1) is 11.8 Å². The number of hydrogen-bond donors (Lipinski definition) is 1. The summed E-state index contributed by atoms with van der Waals surface area (Å²) in [6.07, 6.45) is 2.34. The Morgan fingerprint density at radius 3 is 2.65 bits per heavy atom. The molecule has 26 heavy (non-hydrogen) atoms. The number of aldehydes is 1. The molecule has 0 saturated heterocycles. The highest BCUT2D eigenvalue weighted by atomic mass is 16.5. The first-order valence-corrected chi connectivity index (χ1v) is 8.90. The molecule has 0 amide bonds. The van der Waals surface area contributed by atoms with Gasteiger partial charge in [0.05, 0.1) is 12.3 Å². The molecule has 0 radical (unpaired) electrons. The second-order valence-corrected chi connectivity index (χ2v) is 6.54. The molecule has 1 aliphatic heterocycles. The standard InChI is InChI=1S/C22H24N2O2/c1-24(2)21-15-18(7-9-22(21)26-13-3-12-25)5-4-17-6-8-19-10-11-23-16-20(19)14-17/h6-9,12,14-15,23H,3,10-11,13,16H2,1-2H3. The average molecular weight is 348 g/mol. The van der Waals surface area contributed by atoms with Gasteiger partial charge in [0.2, 0.25) is 0 Å². The quantitative estimate of drug-likeness (QED) is 0.513. The van der Waals surface area contributed by atoms with Crippen LogP contribution in [0.4, 0.5) is 5.69 Å². The number of hydrogen-bond acceptors (Lipinski definition) is 4. The van der Waals surface area contributed by atoms with Gasteiger partial charge in [-0.1, -0.05) is 17.9 Å². The third kappa shape index (κ3) is 4.44. The number of nitrogens with zero attached hydrogens (tertiary/aromatic N) is 1. The molecule has 0 atom stereocenters. The van der Waals surface area contributed by atoms with Gasteiger partial charge in [-0.2, -0.15) is 0 Å². The van der Waals surface area contributed by atoms with Crippen molar-refractivity contribution < 1.29 is 9.53 Å². The van der Waals surface area contributed by atoms with Gasteiger partial charge in [0.15, 0.2) is 0 Å². The monoisotopic (exact) mass is 348 g/mol. The van der Waals surface area contributed by atoms with Gasteiger partial charge >= 0.3 is 0 Å². The van der Waals surface area contributed by atoms with Crippen LogP contribution in [-0.4, -0.2) is 33.5 Å². The van der Waals surface area contributed by atoms with E-state index in [1.807, 2.05) is 37.2 Å². The van der Waals surface area contributed by atoms with Gasteiger partial charge in [-0.3, -0.25) is 0 Å². The van der Waals surface area contributed by atoms with E-state index in [0.717, 1.165) is 48.4 Å². The maximum Gasteiger partial charge on any atom is 0.142 e. The van der Waals surface area contributed by atoms with Crippen LogP contribution in [0.1, 0.15) is 28.7 Å². The number of anilines is 1. The zero-order valence-electron chi connectivity index (χ0n) is 15.3. The van der Waals surface area contributed by atoms with Gasteiger partial charge in [-0.15, -0.1) is 0 Å². The van der Waals surface area contributed by atoms with E-state index in [4.69, 9.17) is 4.74 Å². The van der Waals surface area contributed by atoms with E-state index in [1.165, 1.54) is 11.1 Å². The maximum atomic E-state index is 10.5. The lowest BCUT2D eigenvalue weighted by atomic mass is 9.98. The van der Waals surface area contributed by atoms with E-state index in [2.05, 4.69) is 35.4 Å². The molecule has 1 aliphatic rings. The van der Waals surface area contributed by atoms with Crippen LogP contribution in [0.25, 0.3) is 0 Å². The third-order valence-corrected chi connectivity index (χ3v) is 4.38. The van der Waals surface area contributed by atoms with Gasteiger partial charge in [0.1, 0.15) is 12.0 Å². The molecular formula is C22H24N2O2. The third-order valence-electron chi connectivity index (χ3n) is 4.38. The van der Waals surface area contributed by atoms with Crippen LogP contribution >= 0.6 is 0 Å². The highest BCUT2D eigenvalue weighted by Crippen LogP contribution is 2.28. The summed E-state index contributed by atoms with van der Waals surface area (Å²) in [6, 6.07) is 12.4. The fourth-order valence-corrected chi connectivity index (χ4v) is 2.99. The number of nitrogens with one attached hydrogen (secondary N) is 1. The zero-order chi connectivity index (χ0) is 18.4. The van der Waals surface area contributed by atoms with Crippen molar-refractivity contribution in [3.05, 3.63) is 58.7 Å². The molecule has 134 valence electrons. The Kier molecular flexibility index (Phi) is 5.93. The summed E-state index contributed by atoms with van der Waals surface area (Å²) in [6.45, 7) is 2.35. The van der Waals surface area contributed by atoms with Crippen LogP contribution in [0.15, 0.2) is 36.4 Å². The summed E-state index contributed by atoms with van der Waals surface area (Å²) < 4.78 is 5.69. The molecular weight excluding hydrogens is 324 g/mol. The normalized spacial score (nSPS) is 12.5. The smallest absolute Gasteiger partial charge is 0.142 e. The Balaban J connectivity index is 1.81. The van der Waals surface area contributed by atoms with Gasteiger partial charge in [0.25, 0.3) is 0 Å². The molecule has 0 aromatic heterocycles. The highest BCUT2D eigenvalue weighted by molar-refractivity contribution is 5.62. The van der Waals surface area contributed by atoms with Crippen molar-refractivity contribution in [2.45, 2.75) is 19.4 Å². The lowest BCUT2D eigenvalue weighted by Gasteiger charge is -2.18. The summed E-state index contributed by atoms with van der Waals surface area (Å²) >= 11 is 0. The van der Waals surface area contributed by atoms with Crippen molar-refractivity contribution in [3.8, 4) is 17.6 Å². The predicted octanol–water partition coefficient (Wildman–Crippen LogP) is 2.77. The molecule has 0 unspecified atom stereocenters. The molecule has 1 N–H and O–H groups in total. The minimum atomic E-state index is 0.387. The van der Waals surface area contributed by atoms with Crippen LogP contribution in [0.2, 0.25) is 0 Å². The van der Waals surface area contributed by atoms with E-state index in [0.29, 0.717) is 13.0 Å². The van der Waals surface area contributed by atoms with Crippen molar-refractivity contribution >= 4 is 12.0 Å². The molecule has 0 bridgehead atoms. The minimum absolute atomic E-state index is 0.387. The van der Waals surface area contributed by atoms with E-state index in [1.54, 1.807) is 0 Å². The Hall–Kier alpha value is -2.77. The van der Waals surface area contributed by atoms with Gasteiger partial charge in [-0.05, 0) is 54.4 Å². The second-order valence-electron chi connectivity index (χ2n) is 6.54. The summed E-state index contributed by atoms with van der Waals surface area (Å²) in [5.41, 5.74) is 5.69. The molecule has 4 heteroatoms. The summed E-state index contributed by atoms with van der Waals surface area (Å²) in [5.74, 6) is 7.28. The number of ether oxygens (including phenoxy) is 1.